The molecule has 0 radical (unpaired) electrons. The Kier molecular flexibility index (Phi) is 4.84. The van der Waals surface area contributed by atoms with Gasteiger partial charge >= 0.3 is 0 Å². The Morgan fingerprint density at radius 2 is 1.08 bits per heavy atom. The topological polar surface area (TPSA) is 18.5 Å². The predicted octanol–water partition coefficient (Wildman–Crippen LogP) is 5.83. The summed E-state index contributed by atoms with van der Waals surface area (Å²) in [5, 5.41) is 0. The Hall–Kier alpha value is -1.20. The van der Waals surface area contributed by atoms with E-state index in [2.05, 4.69) is 36.4 Å². The number of hydrogen-bond acceptors (Lipinski definition) is 4. The zero-order valence-corrected chi connectivity index (χ0v) is 16.4. The van der Waals surface area contributed by atoms with Gasteiger partial charge in [-0.1, -0.05) is 36.4 Å². The van der Waals surface area contributed by atoms with E-state index in [0.717, 1.165) is 26.1 Å². The van der Waals surface area contributed by atoms with E-state index in [1.165, 1.54) is 81.2 Å². The molecule has 0 saturated heterocycles. The van der Waals surface area contributed by atoms with Crippen LogP contribution in [0.2, 0.25) is 0 Å². The van der Waals surface area contributed by atoms with E-state index < -0.39 is 0 Å². The highest BCUT2D eigenvalue weighted by atomic mass is 33.1. The van der Waals surface area contributed by atoms with Crippen molar-refractivity contribution in [2.24, 2.45) is 0 Å². The molecule has 0 fully saturated rings. The Morgan fingerprint density at radius 1 is 0.577 bits per heavy atom. The van der Waals surface area contributed by atoms with Gasteiger partial charge in [0.2, 0.25) is 0 Å². The number of rotatable bonds is 0. The van der Waals surface area contributed by atoms with Crippen molar-refractivity contribution in [3.8, 4) is 0 Å². The highest BCUT2D eigenvalue weighted by Gasteiger charge is 2.25. The minimum Gasteiger partial charge on any atom is -0.303 e. The molecule has 0 atom stereocenters. The second-order valence-electron chi connectivity index (χ2n) is 7.22. The van der Waals surface area contributed by atoms with Crippen LogP contribution in [0.5, 0.6) is 0 Å². The summed E-state index contributed by atoms with van der Waals surface area (Å²) in [5.74, 6) is 0. The van der Waals surface area contributed by atoms with Gasteiger partial charge in [-0.15, -0.1) is 0 Å². The molecule has 5 rings (SSSR count). The molecule has 0 N–H and O–H groups in total. The Morgan fingerprint density at radius 3 is 1.58 bits per heavy atom. The van der Waals surface area contributed by atoms with Gasteiger partial charge in [-0.3, -0.25) is 0 Å². The van der Waals surface area contributed by atoms with E-state index in [1.54, 1.807) is 11.1 Å². The zero-order chi connectivity index (χ0) is 17.3. The molecule has 134 valence electrons. The molecule has 1 aliphatic heterocycles. The molecule has 0 unspecified atom stereocenters. The van der Waals surface area contributed by atoms with Crippen molar-refractivity contribution >= 4 is 33.3 Å². The third-order valence-corrected chi connectivity index (χ3v) is 7.05. The fraction of sp³-hybridized carbons (Fsp3) is 0.364. The lowest BCUT2D eigenvalue weighted by atomic mass is 9.94. The molecular weight excluding hydrogens is 360 g/mol. The smallest absolute Gasteiger partial charge is 0.0925 e. The maximum Gasteiger partial charge on any atom is 0.0925 e. The van der Waals surface area contributed by atoms with Gasteiger partial charge in [-0.05, 0) is 83.1 Å². The molecule has 4 bridgehead atoms. The molecule has 2 aromatic rings. The average molecular weight is 383 g/mol. The average Bonchev–Trinajstić information content (AvgIpc) is 3.26. The van der Waals surface area contributed by atoms with Crippen LogP contribution in [0.3, 0.4) is 0 Å². The zero-order valence-electron chi connectivity index (χ0n) is 14.8. The molecule has 0 aromatic heterocycles. The van der Waals surface area contributed by atoms with Crippen molar-refractivity contribution in [1.29, 1.82) is 0 Å². The van der Waals surface area contributed by atoms with Crippen molar-refractivity contribution < 1.29 is 8.37 Å². The minimum absolute atomic E-state index is 0.717. The SMILES string of the molecule is c1cc2c3cc1CCOSSOCCc1ccc4c(c1)/C(=C\3CC2)CC4. The number of aryl methyl sites for hydroxylation is 2. The summed E-state index contributed by atoms with van der Waals surface area (Å²) >= 11 is 2.69. The van der Waals surface area contributed by atoms with Gasteiger partial charge in [0.25, 0.3) is 0 Å². The van der Waals surface area contributed by atoms with E-state index in [9.17, 15) is 0 Å². The first-order valence-electron chi connectivity index (χ1n) is 9.42. The van der Waals surface area contributed by atoms with Gasteiger partial charge in [0.1, 0.15) is 0 Å². The monoisotopic (exact) mass is 382 g/mol. The van der Waals surface area contributed by atoms with Crippen LogP contribution in [0.25, 0.3) is 11.1 Å². The van der Waals surface area contributed by atoms with E-state index in [0.29, 0.717) is 0 Å². The first-order valence-corrected chi connectivity index (χ1v) is 11.4. The van der Waals surface area contributed by atoms with Crippen LogP contribution in [-0.4, -0.2) is 13.2 Å². The Bertz CT molecular complexity index is 801. The highest BCUT2D eigenvalue weighted by Crippen LogP contribution is 2.44. The van der Waals surface area contributed by atoms with Crippen molar-refractivity contribution in [2.75, 3.05) is 13.2 Å². The molecule has 0 amide bonds. The minimum atomic E-state index is 0.717. The summed E-state index contributed by atoms with van der Waals surface area (Å²) in [6.07, 6.45) is 6.63. The van der Waals surface area contributed by atoms with E-state index in [-0.39, 0.29) is 0 Å². The Labute approximate surface area is 163 Å². The molecule has 0 spiro atoms. The lowest BCUT2D eigenvalue weighted by Crippen LogP contribution is -1.97. The van der Waals surface area contributed by atoms with Crippen molar-refractivity contribution in [3.63, 3.8) is 0 Å². The van der Waals surface area contributed by atoms with Crippen LogP contribution in [0.4, 0.5) is 0 Å². The van der Waals surface area contributed by atoms with Gasteiger partial charge < -0.3 is 8.37 Å². The standard InChI is InChI=1S/C22H22O2S2/c1-3-17-5-7-19-20-8-6-18-4-2-16(14-22(18)20)10-12-24-26-25-23-11-9-15(1)13-21(17)19/h1-4,13-14H,5-12H2/b20-19-. The lowest BCUT2D eigenvalue weighted by Gasteiger charge is -2.12. The second-order valence-corrected chi connectivity index (χ2v) is 8.78. The summed E-state index contributed by atoms with van der Waals surface area (Å²) in [6.45, 7) is 1.43. The van der Waals surface area contributed by atoms with Gasteiger partial charge in [0.05, 0.1) is 35.4 Å². The van der Waals surface area contributed by atoms with Crippen LogP contribution in [0.1, 0.15) is 46.2 Å². The predicted molar refractivity (Wildman–Crippen MR) is 111 cm³/mol. The number of benzene rings is 2. The molecule has 4 heteroatoms. The fourth-order valence-corrected chi connectivity index (χ4v) is 5.42. The van der Waals surface area contributed by atoms with E-state index in [4.69, 9.17) is 8.37 Å². The normalized spacial score (nSPS) is 22.6. The molecule has 0 saturated carbocycles. The molecule has 2 aliphatic carbocycles. The third kappa shape index (κ3) is 3.24. The summed E-state index contributed by atoms with van der Waals surface area (Å²) in [6, 6.07) is 14.0. The molecule has 2 nitrogen and oxygen atoms in total. The molecular formula is C22H22O2S2. The van der Waals surface area contributed by atoms with E-state index >= 15 is 0 Å². The molecule has 26 heavy (non-hydrogen) atoms. The number of fused-ring (bicyclic) bond motifs is 2. The summed E-state index contributed by atoms with van der Waals surface area (Å²) in [5.41, 5.74) is 11.9. The Balaban J connectivity index is 1.60. The van der Waals surface area contributed by atoms with Gasteiger partial charge in [0.15, 0.2) is 0 Å². The molecule has 2 aromatic carbocycles. The van der Waals surface area contributed by atoms with Crippen LogP contribution in [-0.2, 0) is 34.0 Å². The van der Waals surface area contributed by atoms with Crippen LogP contribution >= 0.6 is 22.1 Å². The van der Waals surface area contributed by atoms with Crippen molar-refractivity contribution in [2.45, 2.75) is 38.5 Å². The molecule has 3 aliphatic rings. The second kappa shape index (κ2) is 7.43. The van der Waals surface area contributed by atoms with Crippen LogP contribution < -0.4 is 0 Å². The molecule has 1 heterocycles. The number of hydrogen-bond donors (Lipinski definition) is 0. The highest BCUT2D eigenvalue weighted by molar-refractivity contribution is 8.73. The summed E-state index contributed by atoms with van der Waals surface area (Å²) in [4.78, 5) is 0. The van der Waals surface area contributed by atoms with E-state index in [1.807, 2.05) is 0 Å². The third-order valence-electron chi connectivity index (χ3n) is 5.72. The quantitative estimate of drug-likeness (QED) is 0.421. The van der Waals surface area contributed by atoms with Crippen LogP contribution in [0.15, 0.2) is 36.4 Å². The first-order chi connectivity index (χ1) is 12.9. The lowest BCUT2D eigenvalue weighted by molar-refractivity contribution is 0.371. The maximum atomic E-state index is 5.64. The van der Waals surface area contributed by atoms with Gasteiger partial charge in [-0.25, -0.2) is 0 Å². The van der Waals surface area contributed by atoms with Crippen molar-refractivity contribution in [1.82, 2.24) is 0 Å². The van der Waals surface area contributed by atoms with Crippen LogP contribution in [0, 0.1) is 0 Å². The largest absolute Gasteiger partial charge is 0.303 e. The summed E-state index contributed by atoms with van der Waals surface area (Å²) in [7, 11) is 0. The fourth-order valence-electron chi connectivity index (χ4n) is 4.40. The van der Waals surface area contributed by atoms with Gasteiger partial charge in [-0.2, -0.15) is 0 Å². The first kappa shape index (κ1) is 16.9. The number of allylic oxidation sites excluding steroid dienone is 2. The van der Waals surface area contributed by atoms with Crippen molar-refractivity contribution in [3.05, 3.63) is 69.8 Å². The summed E-state index contributed by atoms with van der Waals surface area (Å²) < 4.78 is 11.3. The maximum absolute atomic E-state index is 5.64. The van der Waals surface area contributed by atoms with Gasteiger partial charge in [0, 0.05) is 0 Å².